The van der Waals surface area contributed by atoms with E-state index < -0.39 is 10.0 Å². The summed E-state index contributed by atoms with van der Waals surface area (Å²) in [4.78, 5) is 1.87. The highest BCUT2D eigenvalue weighted by Gasteiger charge is 2.44. The van der Waals surface area contributed by atoms with E-state index in [0.29, 0.717) is 6.54 Å². The minimum absolute atomic E-state index is 0.565. The van der Waals surface area contributed by atoms with Crippen molar-refractivity contribution in [2.24, 2.45) is 0 Å². The Labute approximate surface area is 109 Å². The van der Waals surface area contributed by atoms with Crippen LogP contribution in [0, 0.1) is 0 Å². The van der Waals surface area contributed by atoms with Crippen LogP contribution < -0.4 is 9.64 Å². The van der Waals surface area contributed by atoms with Gasteiger partial charge < -0.3 is 9.64 Å². The zero-order valence-corrected chi connectivity index (χ0v) is 10.6. The zero-order valence-electron chi connectivity index (χ0n) is 8.37. The number of halogens is 3. The third kappa shape index (κ3) is 2.10. The lowest BCUT2D eigenvalue weighted by Gasteiger charge is -2.28. The molecule has 1 unspecified atom stereocenters. The first-order valence-corrected chi connectivity index (χ1v) is 5.87. The molecule has 5 heteroatoms. The van der Waals surface area contributed by atoms with Crippen molar-refractivity contribution < 1.29 is 4.74 Å². The van der Waals surface area contributed by atoms with Crippen LogP contribution in [0.5, 0.6) is 5.75 Å². The van der Waals surface area contributed by atoms with Gasteiger partial charge in [0.05, 0.1) is 5.69 Å². The smallest absolute Gasteiger partial charge is 0.246 e. The van der Waals surface area contributed by atoms with E-state index in [0.717, 1.165) is 11.4 Å². The fraction of sp³-hybridized carbons (Fsp3) is 0.273. The van der Waals surface area contributed by atoms with E-state index in [-0.39, 0.29) is 0 Å². The Morgan fingerprint density at radius 1 is 1.38 bits per heavy atom. The second-order valence-electron chi connectivity index (χ2n) is 3.42. The molecule has 86 valence electrons. The van der Waals surface area contributed by atoms with Gasteiger partial charge in [0.25, 0.3) is 0 Å². The number of fused-ring (bicyclic) bond motifs is 1. The lowest BCUT2D eigenvalue weighted by atomic mass is 10.3. The van der Waals surface area contributed by atoms with Gasteiger partial charge in [-0.1, -0.05) is 53.0 Å². The normalized spacial score (nSPS) is 19.2. The summed E-state index contributed by atoms with van der Waals surface area (Å²) >= 11 is 17.7. The second kappa shape index (κ2) is 4.36. The molecule has 1 atom stereocenters. The highest BCUT2D eigenvalue weighted by Crippen LogP contribution is 2.44. The Morgan fingerprint density at radius 2 is 2.06 bits per heavy atom. The van der Waals surface area contributed by atoms with Crippen molar-refractivity contribution in [2.45, 2.75) is 10.0 Å². The molecule has 2 nitrogen and oxygen atoms in total. The summed E-state index contributed by atoms with van der Waals surface area (Å²) in [5, 5.41) is 0. The molecule has 0 spiro atoms. The number of alkyl halides is 3. The van der Waals surface area contributed by atoms with Crippen molar-refractivity contribution in [1.29, 1.82) is 0 Å². The average molecular weight is 279 g/mol. The maximum atomic E-state index is 5.89. The molecule has 0 aliphatic carbocycles. The number of ether oxygens (including phenoxy) is 1. The predicted octanol–water partition coefficient (Wildman–Crippen LogP) is 3.77. The third-order valence-corrected chi connectivity index (χ3v) is 2.86. The van der Waals surface area contributed by atoms with Crippen LogP contribution in [-0.4, -0.2) is 16.6 Å². The van der Waals surface area contributed by atoms with Crippen LogP contribution in [0.3, 0.4) is 0 Å². The molecular formula is C11H10Cl3NO. The van der Waals surface area contributed by atoms with Gasteiger partial charge in [-0.05, 0) is 12.1 Å². The number of hydrogen-bond donors (Lipinski definition) is 0. The van der Waals surface area contributed by atoms with Gasteiger partial charge in [-0.3, -0.25) is 0 Å². The topological polar surface area (TPSA) is 12.5 Å². The fourth-order valence-corrected chi connectivity index (χ4v) is 2.17. The van der Waals surface area contributed by atoms with Gasteiger partial charge in [0.1, 0.15) is 5.75 Å². The first-order chi connectivity index (χ1) is 7.54. The molecule has 1 aliphatic heterocycles. The summed E-state index contributed by atoms with van der Waals surface area (Å²) in [5.74, 6) is 0.723. The Balaban J connectivity index is 2.37. The number of hydrogen-bond acceptors (Lipinski definition) is 2. The highest BCUT2D eigenvalue weighted by atomic mass is 35.6. The first-order valence-electron chi connectivity index (χ1n) is 4.74. The summed E-state index contributed by atoms with van der Waals surface area (Å²) in [6.07, 6.45) is 1.13. The van der Waals surface area contributed by atoms with E-state index in [9.17, 15) is 0 Å². The summed E-state index contributed by atoms with van der Waals surface area (Å²) in [6, 6.07) is 7.57. The fourth-order valence-electron chi connectivity index (χ4n) is 1.68. The summed E-state index contributed by atoms with van der Waals surface area (Å²) in [7, 11) is 0. The number of nitrogens with zero attached hydrogens (tertiary/aromatic N) is 1. The van der Waals surface area contributed by atoms with Gasteiger partial charge in [-0.2, -0.15) is 0 Å². The largest absolute Gasteiger partial charge is 0.464 e. The van der Waals surface area contributed by atoms with Crippen molar-refractivity contribution in [3.05, 3.63) is 36.9 Å². The van der Waals surface area contributed by atoms with Crippen molar-refractivity contribution in [3.63, 3.8) is 0 Å². The number of rotatable bonds is 2. The SMILES string of the molecule is C=CCN1c2ccccc2OC1C(Cl)(Cl)Cl. The first kappa shape index (κ1) is 11.9. The molecule has 0 bridgehead atoms. The number of benzene rings is 1. The molecule has 0 radical (unpaired) electrons. The molecule has 0 saturated carbocycles. The monoisotopic (exact) mass is 277 g/mol. The van der Waals surface area contributed by atoms with Crippen LogP contribution in [0.4, 0.5) is 5.69 Å². The molecule has 16 heavy (non-hydrogen) atoms. The Morgan fingerprint density at radius 3 is 2.69 bits per heavy atom. The highest BCUT2D eigenvalue weighted by molar-refractivity contribution is 6.68. The quantitative estimate of drug-likeness (QED) is 0.603. The lowest BCUT2D eigenvalue weighted by Crippen LogP contribution is -2.44. The molecule has 1 aromatic carbocycles. The van der Waals surface area contributed by atoms with Crippen molar-refractivity contribution >= 4 is 40.5 Å². The molecule has 1 aromatic rings. The van der Waals surface area contributed by atoms with Gasteiger partial charge in [0.2, 0.25) is 10.0 Å². The van der Waals surface area contributed by atoms with Crippen LogP contribution in [0.1, 0.15) is 0 Å². The van der Waals surface area contributed by atoms with Crippen LogP contribution in [0.15, 0.2) is 36.9 Å². The van der Waals surface area contributed by atoms with Gasteiger partial charge >= 0.3 is 0 Å². The molecule has 0 aromatic heterocycles. The molecule has 1 heterocycles. The Bertz CT molecular complexity index is 402. The van der Waals surface area contributed by atoms with Crippen molar-refractivity contribution in [2.75, 3.05) is 11.4 Å². The van der Waals surface area contributed by atoms with E-state index in [1.165, 1.54) is 0 Å². The van der Waals surface area contributed by atoms with Gasteiger partial charge in [0.15, 0.2) is 0 Å². The van der Waals surface area contributed by atoms with Crippen LogP contribution in [0.25, 0.3) is 0 Å². The van der Waals surface area contributed by atoms with E-state index in [1.54, 1.807) is 6.08 Å². The minimum Gasteiger partial charge on any atom is -0.464 e. The van der Waals surface area contributed by atoms with Crippen molar-refractivity contribution in [1.82, 2.24) is 0 Å². The molecule has 0 fully saturated rings. The Kier molecular flexibility index (Phi) is 3.24. The molecule has 0 saturated heterocycles. The van der Waals surface area contributed by atoms with Gasteiger partial charge in [-0.25, -0.2) is 0 Å². The standard InChI is InChI=1S/C11H10Cl3NO/c1-2-7-15-8-5-3-4-6-9(8)16-10(15)11(12,13)14/h2-6,10H,1,7H2. The van der Waals surface area contributed by atoms with E-state index in [1.807, 2.05) is 29.2 Å². The zero-order chi connectivity index (χ0) is 11.8. The van der Waals surface area contributed by atoms with Gasteiger partial charge in [0, 0.05) is 6.54 Å². The van der Waals surface area contributed by atoms with Crippen LogP contribution in [0.2, 0.25) is 0 Å². The predicted molar refractivity (Wildman–Crippen MR) is 68.7 cm³/mol. The van der Waals surface area contributed by atoms with E-state index in [2.05, 4.69) is 6.58 Å². The molecule has 1 aliphatic rings. The maximum absolute atomic E-state index is 5.89. The lowest BCUT2D eigenvalue weighted by molar-refractivity contribution is 0.231. The van der Waals surface area contributed by atoms with E-state index in [4.69, 9.17) is 39.5 Å². The average Bonchev–Trinajstić information content (AvgIpc) is 2.58. The van der Waals surface area contributed by atoms with E-state index >= 15 is 0 Å². The Hall–Kier alpha value is -0.570. The van der Waals surface area contributed by atoms with Crippen molar-refractivity contribution in [3.8, 4) is 5.75 Å². The maximum Gasteiger partial charge on any atom is 0.246 e. The van der Waals surface area contributed by atoms with Crippen LogP contribution >= 0.6 is 34.8 Å². The number of para-hydroxylation sites is 2. The summed E-state index contributed by atoms with van der Waals surface area (Å²) < 4.78 is 4.12. The summed E-state index contributed by atoms with van der Waals surface area (Å²) in [5.41, 5.74) is 0.915. The second-order valence-corrected chi connectivity index (χ2v) is 5.79. The van der Waals surface area contributed by atoms with Gasteiger partial charge in [-0.15, -0.1) is 6.58 Å². The van der Waals surface area contributed by atoms with Crippen LogP contribution in [-0.2, 0) is 0 Å². The third-order valence-electron chi connectivity index (χ3n) is 2.30. The summed E-state index contributed by atoms with van der Waals surface area (Å²) in [6.45, 7) is 4.25. The minimum atomic E-state index is -1.50. The number of anilines is 1. The molecule has 0 amide bonds. The molecule has 2 rings (SSSR count). The molecular weight excluding hydrogens is 268 g/mol. The molecule has 0 N–H and O–H groups in total.